The minimum atomic E-state index is -0.283. The molecule has 29 heavy (non-hydrogen) atoms. The maximum absolute atomic E-state index is 12.3. The topological polar surface area (TPSA) is 77.8 Å². The van der Waals surface area contributed by atoms with E-state index in [4.69, 9.17) is 4.42 Å². The van der Waals surface area contributed by atoms with E-state index in [0.717, 1.165) is 24.5 Å². The van der Waals surface area contributed by atoms with Crippen LogP contribution in [0.2, 0.25) is 0 Å². The first kappa shape index (κ1) is 18.6. The highest BCUT2D eigenvalue weighted by Gasteiger charge is 2.23. The average molecular weight is 390 g/mol. The molecule has 1 aliphatic rings. The van der Waals surface area contributed by atoms with Gasteiger partial charge in [-0.25, -0.2) is 4.79 Å². The van der Waals surface area contributed by atoms with E-state index in [1.165, 1.54) is 6.26 Å². The maximum atomic E-state index is 12.3. The van der Waals surface area contributed by atoms with Crippen LogP contribution in [0.15, 0.2) is 77.4 Å². The van der Waals surface area contributed by atoms with Gasteiger partial charge in [0.2, 0.25) is 0 Å². The van der Waals surface area contributed by atoms with Gasteiger partial charge in [0.15, 0.2) is 5.76 Å². The van der Waals surface area contributed by atoms with E-state index in [0.29, 0.717) is 24.5 Å². The van der Waals surface area contributed by atoms with Crippen molar-refractivity contribution in [2.24, 2.45) is 0 Å². The first-order valence-corrected chi connectivity index (χ1v) is 9.50. The molecule has 7 heteroatoms. The Morgan fingerprint density at radius 2 is 1.41 bits per heavy atom. The first-order chi connectivity index (χ1) is 14.2. The van der Waals surface area contributed by atoms with Gasteiger partial charge in [-0.3, -0.25) is 4.79 Å². The molecule has 1 aliphatic heterocycles. The Hall–Kier alpha value is -3.74. The van der Waals surface area contributed by atoms with Crippen molar-refractivity contribution >= 4 is 29.0 Å². The van der Waals surface area contributed by atoms with E-state index in [2.05, 4.69) is 15.5 Å². The largest absolute Gasteiger partial charge is 0.459 e. The van der Waals surface area contributed by atoms with Crippen LogP contribution < -0.4 is 15.5 Å². The Balaban J connectivity index is 1.29. The summed E-state index contributed by atoms with van der Waals surface area (Å²) in [4.78, 5) is 28.5. The molecule has 3 amide bonds. The van der Waals surface area contributed by atoms with Crippen molar-refractivity contribution in [3.05, 3.63) is 78.8 Å². The van der Waals surface area contributed by atoms with Gasteiger partial charge in [-0.2, -0.15) is 0 Å². The molecule has 2 heterocycles. The number of hydrogen-bond acceptors (Lipinski definition) is 4. The molecule has 1 fully saturated rings. The molecule has 0 atom stereocenters. The maximum Gasteiger partial charge on any atom is 0.323 e. The molecule has 2 aromatic carbocycles. The van der Waals surface area contributed by atoms with Gasteiger partial charge in [-0.05, 0) is 48.5 Å². The Morgan fingerprint density at radius 3 is 2.03 bits per heavy atom. The number of nitrogens with one attached hydrogen (secondary N) is 2. The number of anilines is 3. The van der Waals surface area contributed by atoms with Gasteiger partial charge in [0.05, 0.1) is 6.26 Å². The smallest absolute Gasteiger partial charge is 0.323 e. The standard InChI is InChI=1S/C22H22N4O3/c27-21(20-7-4-16-29-20)26-14-12-25(13-15-26)19-10-8-18(9-11-19)24-22(28)23-17-5-2-1-3-6-17/h1-11,16H,12-15H2,(H2,23,24,28). The van der Waals surface area contributed by atoms with Gasteiger partial charge in [-0.1, -0.05) is 18.2 Å². The number of nitrogens with zero attached hydrogens (tertiary/aromatic N) is 2. The fourth-order valence-electron chi connectivity index (χ4n) is 3.29. The predicted molar refractivity (Wildman–Crippen MR) is 112 cm³/mol. The van der Waals surface area contributed by atoms with Crippen molar-refractivity contribution in [2.75, 3.05) is 41.7 Å². The molecule has 0 unspecified atom stereocenters. The second-order valence-corrected chi connectivity index (χ2v) is 6.75. The summed E-state index contributed by atoms with van der Waals surface area (Å²) in [5, 5.41) is 5.62. The van der Waals surface area contributed by atoms with Crippen molar-refractivity contribution in [3.8, 4) is 0 Å². The van der Waals surface area contributed by atoms with Crippen LogP contribution in [-0.4, -0.2) is 43.0 Å². The molecule has 0 saturated carbocycles. The number of carbonyl (C=O) groups is 2. The third-order valence-electron chi connectivity index (χ3n) is 4.82. The number of para-hydroxylation sites is 1. The number of benzene rings is 2. The highest BCUT2D eigenvalue weighted by atomic mass is 16.3. The van der Waals surface area contributed by atoms with Crippen LogP contribution in [0.3, 0.4) is 0 Å². The van der Waals surface area contributed by atoms with E-state index in [-0.39, 0.29) is 11.9 Å². The molecule has 0 radical (unpaired) electrons. The van der Waals surface area contributed by atoms with E-state index in [1.807, 2.05) is 54.6 Å². The number of rotatable bonds is 4. The van der Waals surface area contributed by atoms with E-state index < -0.39 is 0 Å². The lowest BCUT2D eigenvalue weighted by atomic mass is 10.2. The second kappa shape index (κ2) is 8.52. The Morgan fingerprint density at radius 1 is 0.759 bits per heavy atom. The van der Waals surface area contributed by atoms with E-state index in [9.17, 15) is 9.59 Å². The Labute approximate surface area is 168 Å². The normalized spacial score (nSPS) is 13.8. The quantitative estimate of drug-likeness (QED) is 0.709. The van der Waals surface area contributed by atoms with Gasteiger partial charge in [0, 0.05) is 43.2 Å². The van der Waals surface area contributed by atoms with E-state index in [1.54, 1.807) is 17.0 Å². The van der Waals surface area contributed by atoms with Crippen molar-refractivity contribution in [1.82, 2.24) is 4.90 Å². The summed E-state index contributed by atoms with van der Waals surface area (Å²) in [6.45, 7) is 2.76. The summed E-state index contributed by atoms with van der Waals surface area (Å²) in [5.74, 6) is 0.307. The summed E-state index contributed by atoms with van der Waals surface area (Å²) in [7, 11) is 0. The fraction of sp³-hybridized carbons (Fsp3) is 0.182. The van der Waals surface area contributed by atoms with Gasteiger partial charge in [0.1, 0.15) is 0 Å². The highest BCUT2D eigenvalue weighted by molar-refractivity contribution is 5.99. The van der Waals surface area contributed by atoms with Crippen molar-refractivity contribution < 1.29 is 14.0 Å². The van der Waals surface area contributed by atoms with Crippen LogP contribution in [-0.2, 0) is 0 Å². The summed E-state index contributed by atoms with van der Waals surface area (Å²) in [6, 6.07) is 20.1. The molecule has 0 spiro atoms. The second-order valence-electron chi connectivity index (χ2n) is 6.75. The lowest BCUT2D eigenvalue weighted by molar-refractivity contribution is 0.0714. The Bertz CT molecular complexity index is 947. The zero-order chi connectivity index (χ0) is 20.1. The summed E-state index contributed by atoms with van der Waals surface area (Å²) < 4.78 is 5.20. The number of piperazine rings is 1. The van der Waals surface area contributed by atoms with Gasteiger partial charge in [-0.15, -0.1) is 0 Å². The third kappa shape index (κ3) is 4.57. The summed E-state index contributed by atoms with van der Waals surface area (Å²) in [5.41, 5.74) is 2.52. The molecule has 1 aromatic heterocycles. The SMILES string of the molecule is O=C(Nc1ccccc1)Nc1ccc(N2CCN(C(=O)c3ccco3)CC2)cc1. The lowest BCUT2D eigenvalue weighted by Gasteiger charge is -2.35. The summed E-state index contributed by atoms with van der Waals surface area (Å²) in [6.07, 6.45) is 1.51. The van der Waals surface area contributed by atoms with Crippen molar-refractivity contribution in [2.45, 2.75) is 0 Å². The molecular formula is C22H22N4O3. The van der Waals surface area contributed by atoms with Crippen LogP contribution in [0.5, 0.6) is 0 Å². The average Bonchev–Trinajstić information content (AvgIpc) is 3.29. The lowest BCUT2D eigenvalue weighted by Crippen LogP contribution is -2.48. The number of hydrogen-bond donors (Lipinski definition) is 2. The molecule has 4 rings (SSSR count). The fourth-order valence-corrected chi connectivity index (χ4v) is 3.29. The zero-order valence-corrected chi connectivity index (χ0v) is 15.9. The number of amides is 3. The molecular weight excluding hydrogens is 368 g/mol. The highest BCUT2D eigenvalue weighted by Crippen LogP contribution is 2.20. The Kier molecular flexibility index (Phi) is 5.47. The van der Waals surface area contributed by atoms with Gasteiger partial charge >= 0.3 is 6.03 Å². The predicted octanol–water partition coefficient (Wildman–Crippen LogP) is 3.89. The third-order valence-corrected chi connectivity index (χ3v) is 4.82. The molecule has 1 saturated heterocycles. The van der Waals surface area contributed by atoms with Crippen LogP contribution in [0.25, 0.3) is 0 Å². The minimum absolute atomic E-state index is 0.0707. The number of urea groups is 1. The van der Waals surface area contributed by atoms with E-state index >= 15 is 0 Å². The van der Waals surface area contributed by atoms with Gasteiger partial charge in [0.25, 0.3) is 5.91 Å². The zero-order valence-electron chi connectivity index (χ0n) is 15.9. The van der Waals surface area contributed by atoms with Gasteiger partial charge < -0.3 is 24.9 Å². The molecule has 7 nitrogen and oxygen atoms in total. The monoisotopic (exact) mass is 390 g/mol. The van der Waals surface area contributed by atoms with Crippen LogP contribution >= 0.6 is 0 Å². The molecule has 3 aromatic rings. The summed E-state index contributed by atoms with van der Waals surface area (Å²) >= 11 is 0. The van der Waals surface area contributed by atoms with Crippen LogP contribution in [0.4, 0.5) is 21.9 Å². The molecule has 0 bridgehead atoms. The van der Waals surface area contributed by atoms with Crippen LogP contribution in [0.1, 0.15) is 10.6 Å². The molecule has 148 valence electrons. The minimum Gasteiger partial charge on any atom is -0.459 e. The molecule has 2 N–H and O–H groups in total. The first-order valence-electron chi connectivity index (χ1n) is 9.50. The van der Waals surface area contributed by atoms with Crippen LogP contribution in [0, 0.1) is 0 Å². The number of carbonyl (C=O) groups excluding carboxylic acids is 2. The van der Waals surface area contributed by atoms with Crippen molar-refractivity contribution in [3.63, 3.8) is 0 Å². The molecule has 0 aliphatic carbocycles. The van der Waals surface area contributed by atoms with Crippen molar-refractivity contribution in [1.29, 1.82) is 0 Å². The number of furan rings is 1.